The predicted octanol–water partition coefficient (Wildman–Crippen LogP) is 2.65. The van der Waals surface area contributed by atoms with E-state index in [4.69, 9.17) is 0 Å². The van der Waals surface area contributed by atoms with Crippen LogP contribution in [0.2, 0.25) is 3.43 Å². The van der Waals surface area contributed by atoms with E-state index in [-0.39, 0.29) is 3.43 Å². The molecule has 0 atom stereocenters. The summed E-state index contributed by atoms with van der Waals surface area (Å²) in [5.41, 5.74) is -0.667. The molecule has 0 amide bonds. The third-order valence-corrected chi connectivity index (χ3v) is 5.31. The SMILES string of the molecule is C[C](C)(C)[Sn][c]1ccc(C(F)(F)F)cn1. The summed E-state index contributed by atoms with van der Waals surface area (Å²) in [5.74, 6) is 0. The number of alkyl halides is 3. The zero-order valence-corrected chi connectivity index (χ0v) is 11.7. The van der Waals surface area contributed by atoms with Crippen molar-refractivity contribution in [2.45, 2.75) is 30.4 Å². The third kappa shape index (κ3) is 4.40. The van der Waals surface area contributed by atoms with Gasteiger partial charge in [-0.05, 0) is 0 Å². The Balaban J connectivity index is 2.82. The first kappa shape index (κ1) is 12.8. The molecule has 0 aromatic carbocycles. The molecule has 0 spiro atoms. The minimum atomic E-state index is -4.28. The molecule has 0 saturated heterocycles. The van der Waals surface area contributed by atoms with Crippen LogP contribution in [0.25, 0.3) is 0 Å². The third-order valence-electron chi connectivity index (χ3n) is 1.59. The molecule has 1 nitrogen and oxygen atoms in total. The molecular formula is C10H12F3NSn. The average molecular weight is 322 g/mol. The minimum absolute atomic E-state index is 0.204. The zero-order chi connectivity index (χ0) is 11.7. The molecule has 1 aromatic rings. The monoisotopic (exact) mass is 323 g/mol. The molecule has 5 heteroatoms. The predicted molar refractivity (Wildman–Crippen MR) is 54.3 cm³/mol. The number of aromatic nitrogens is 1. The van der Waals surface area contributed by atoms with Crippen LogP contribution in [0.5, 0.6) is 0 Å². The Bertz CT molecular complexity index is 324. The van der Waals surface area contributed by atoms with Crippen LogP contribution in [0.1, 0.15) is 26.3 Å². The summed E-state index contributed by atoms with van der Waals surface area (Å²) in [6.07, 6.45) is -3.35. The molecule has 1 rings (SSSR count). The van der Waals surface area contributed by atoms with Crippen LogP contribution in [0.4, 0.5) is 13.2 Å². The Labute approximate surface area is 97.3 Å². The maximum atomic E-state index is 12.2. The molecule has 0 aliphatic heterocycles. The van der Waals surface area contributed by atoms with Gasteiger partial charge in [-0.1, -0.05) is 0 Å². The van der Waals surface area contributed by atoms with Crippen molar-refractivity contribution < 1.29 is 13.2 Å². The van der Waals surface area contributed by atoms with Gasteiger partial charge in [-0.3, -0.25) is 0 Å². The van der Waals surface area contributed by atoms with Crippen molar-refractivity contribution >= 4 is 24.9 Å². The van der Waals surface area contributed by atoms with Crippen molar-refractivity contribution in [2.75, 3.05) is 0 Å². The van der Waals surface area contributed by atoms with Gasteiger partial charge in [-0.2, -0.15) is 0 Å². The molecule has 0 aliphatic rings. The molecule has 0 aliphatic carbocycles. The molecular weight excluding hydrogens is 310 g/mol. The van der Waals surface area contributed by atoms with Gasteiger partial charge >= 0.3 is 97.3 Å². The van der Waals surface area contributed by atoms with E-state index in [0.29, 0.717) is 0 Å². The summed E-state index contributed by atoms with van der Waals surface area (Å²) in [4.78, 5) is 3.89. The number of halogens is 3. The number of hydrogen-bond acceptors (Lipinski definition) is 1. The van der Waals surface area contributed by atoms with Crippen molar-refractivity contribution in [3.8, 4) is 0 Å². The summed E-state index contributed by atoms with van der Waals surface area (Å²) in [6, 6.07) is 2.63. The fraction of sp³-hybridized carbons (Fsp3) is 0.500. The van der Waals surface area contributed by atoms with Crippen LogP contribution >= 0.6 is 0 Å². The second-order valence-corrected chi connectivity index (χ2v) is 10.8. The van der Waals surface area contributed by atoms with Crippen LogP contribution in [0, 0.1) is 0 Å². The summed E-state index contributed by atoms with van der Waals surface area (Å²) < 4.78 is 37.8. The molecule has 82 valence electrons. The first-order chi connectivity index (χ1) is 6.68. The second kappa shape index (κ2) is 4.31. The average Bonchev–Trinajstić information content (AvgIpc) is 2.00. The van der Waals surface area contributed by atoms with E-state index in [2.05, 4.69) is 25.8 Å². The summed E-state index contributed by atoms with van der Waals surface area (Å²) >= 11 is -0.899. The van der Waals surface area contributed by atoms with Crippen molar-refractivity contribution in [3.05, 3.63) is 23.9 Å². The maximum absolute atomic E-state index is 12.2. The number of pyridine rings is 1. The quantitative estimate of drug-likeness (QED) is 0.725. The van der Waals surface area contributed by atoms with Gasteiger partial charge in [0.25, 0.3) is 0 Å². The van der Waals surface area contributed by atoms with Gasteiger partial charge in [0.05, 0.1) is 0 Å². The molecule has 2 radical (unpaired) electrons. The van der Waals surface area contributed by atoms with Gasteiger partial charge in [0.1, 0.15) is 0 Å². The Morgan fingerprint density at radius 3 is 2.07 bits per heavy atom. The molecule has 1 heterocycles. The van der Waals surface area contributed by atoms with E-state index in [1.165, 1.54) is 6.07 Å². The number of rotatable bonds is 1. The normalized spacial score (nSPS) is 12.9. The van der Waals surface area contributed by atoms with E-state index in [0.717, 1.165) is 16.0 Å². The fourth-order valence-corrected chi connectivity index (χ4v) is 4.06. The number of hydrogen-bond donors (Lipinski definition) is 0. The summed E-state index contributed by atoms with van der Waals surface area (Å²) in [6.45, 7) is 6.29. The molecule has 0 fully saturated rings. The van der Waals surface area contributed by atoms with Gasteiger partial charge in [-0.25, -0.2) is 0 Å². The van der Waals surface area contributed by atoms with Gasteiger partial charge in [0.15, 0.2) is 0 Å². The Hall–Kier alpha value is -0.261. The van der Waals surface area contributed by atoms with E-state index in [1.54, 1.807) is 0 Å². The van der Waals surface area contributed by atoms with Crippen molar-refractivity contribution in [2.24, 2.45) is 0 Å². The van der Waals surface area contributed by atoms with Gasteiger partial charge in [-0.15, -0.1) is 0 Å². The van der Waals surface area contributed by atoms with Crippen LogP contribution < -0.4 is 3.71 Å². The van der Waals surface area contributed by atoms with E-state index >= 15 is 0 Å². The fourth-order valence-electron chi connectivity index (χ4n) is 1.02. The van der Waals surface area contributed by atoms with Crippen LogP contribution in [-0.4, -0.2) is 26.1 Å². The number of nitrogens with zero attached hydrogens (tertiary/aromatic N) is 1. The zero-order valence-electron chi connectivity index (χ0n) is 8.81. The van der Waals surface area contributed by atoms with Crippen molar-refractivity contribution in [1.82, 2.24) is 4.98 Å². The molecule has 15 heavy (non-hydrogen) atoms. The summed E-state index contributed by atoms with van der Waals surface area (Å²) in [7, 11) is 0. The van der Waals surface area contributed by atoms with E-state index in [9.17, 15) is 13.2 Å². The topological polar surface area (TPSA) is 12.9 Å². The van der Waals surface area contributed by atoms with Crippen LogP contribution in [0.3, 0.4) is 0 Å². The Kier molecular flexibility index (Phi) is 3.68. The first-order valence-electron chi connectivity index (χ1n) is 4.50. The Morgan fingerprint density at radius 2 is 1.73 bits per heavy atom. The van der Waals surface area contributed by atoms with Crippen molar-refractivity contribution in [1.29, 1.82) is 0 Å². The first-order valence-corrected chi connectivity index (χ1v) is 7.35. The second-order valence-electron chi connectivity index (χ2n) is 4.30. The van der Waals surface area contributed by atoms with Crippen molar-refractivity contribution in [3.63, 3.8) is 0 Å². The van der Waals surface area contributed by atoms with Gasteiger partial charge in [0, 0.05) is 0 Å². The molecule has 0 bridgehead atoms. The molecule has 0 N–H and O–H groups in total. The molecule has 1 aromatic heterocycles. The Morgan fingerprint density at radius 1 is 1.13 bits per heavy atom. The van der Waals surface area contributed by atoms with Crippen LogP contribution in [0.15, 0.2) is 18.3 Å². The molecule has 0 saturated carbocycles. The van der Waals surface area contributed by atoms with E-state index in [1.807, 2.05) is 0 Å². The van der Waals surface area contributed by atoms with Crippen LogP contribution in [-0.2, 0) is 6.18 Å². The van der Waals surface area contributed by atoms with Gasteiger partial charge in [0.2, 0.25) is 0 Å². The van der Waals surface area contributed by atoms with Gasteiger partial charge < -0.3 is 0 Å². The summed E-state index contributed by atoms with van der Waals surface area (Å²) in [5, 5.41) is 0. The standard InChI is InChI=1S/C6H3F3N.C4H9.Sn/c7-6(8,9)5-2-1-3-10-4-5;1-4(2)3;/h1-2,4H;1-3H3;. The molecule has 0 unspecified atom stereocenters. The van der Waals surface area contributed by atoms with E-state index < -0.39 is 32.9 Å².